The van der Waals surface area contributed by atoms with E-state index in [0.29, 0.717) is 0 Å². The molecule has 0 saturated heterocycles. The predicted molar refractivity (Wildman–Crippen MR) is 22.6 cm³/mol. The van der Waals surface area contributed by atoms with E-state index in [2.05, 4.69) is 0 Å². The van der Waals surface area contributed by atoms with Gasteiger partial charge in [0, 0.05) is 13.0 Å². The van der Waals surface area contributed by atoms with Gasteiger partial charge in [0.05, 0.1) is 0 Å². The lowest BCUT2D eigenvalue weighted by Crippen LogP contribution is -2.25. The normalized spacial score (nSPS) is 14.1. The molecule has 0 aromatic rings. The average molecular weight is 107 g/mol. The molecule has 0 aromatic heterocycles. The molecular weight excluding hydrogens is 98.0 g/mol. The standard InChI is InChI=1S/C3H9NO3/c5-2-1-3(6)4-7/h3-7H,1-2H2. The summed E-state index contributed by atoms with van der Waals surface area (Å²) in [6.45, 7) is -0.130. The van der Waals surface area contributed by atoms with Gasteiger partial charge in [0.1, 0.15) is 6.23 Å². The van der Waals surface area contributed by atoms with Gasteiger partial charge in [-0.2, -0.15) is 5.48 Å². The van der Waals surface area contributed by atoms with Crippen LogP contribution in [0.5, 0.6) is 0 Å². The van der Waals surface area contributed by atoms with E-state index in [1.807, 2.05) is 0 Å². The van der Waals surface area contributed by atoms with Crippen LogP contribution < -0.4 is 5.48 Å². The fourth-order valence-electron chi connectivity index (χ4n) is 0.187. The van der Waals surface area contributed by atoms with Crippen LogP contribution in [-0.2, 0) is 0 Å². The Kier molecular flexibility index (Phi) is 3.92. The summed E-state index contributed by atoms with van der Waals surface area (Å²) in [7, 11) is 0. The Labute approximate surface area is 41.4 Å². The van der Waals surface area contributed by atoms with Gasteiger partial charge in [-0.25, -0.2) is 0 Å². The maximum absolute atomic E-state index is 8.34. The zero-order valence-electron chi connectivity index (χ0n) is 3.83. The average Bonchev–Trinajstić information content (AvgIpc) is 1.68. The fourth-order valence-corrected chi connectivity index (χ4v) is 0.187. The lowest BCUT2D eigenvalue weighted by Gasteiger charge is -2.02. The number of hydrogen-bond acceptors (Lipinski definition) is 4. The first kappa shape index (κ1) is 6.84. The summed E-state index contributed by atoms with van der Waals surface area (Å²) < 4.78 is 0. The Hall–Kier alpha value is -0.160. The molecule has 7 heavy (non-hydrogen) atoms. The lowest BCUT2D eigenvalue weighted by atomic mass is 10.4. The van der Waals surface area contributed by atoms with Crippen molar-refractivity contribution >= 4 is 0 Å². The van der Waals surface area contributed by atoms with Crippen LogP contribution in [-0.4, -0.2) is 28.3 Å². The van der Waals surface area contributed by atoms with Gasteiger partial charge in [-0.15, -0.1) is 0 Å². The zero-order valence-corrected chi connectivity index (χ0v) is 3.83. The summed E-state index contributed by atoms with van der Waals surface area (Å²) in [6, 6.07) is 0. The van der Waals surface area contributed by atoms with E-state index in [-0.39, 0.29) is 13.0 Å². The molecule has 1 unspecified atom stereocenters. The number of aliphatic hydroxyl groups is 2. The van der Waals surface area contributed by atoms with Crippen LogP contribution in [0.2, 0.25) is 0 Å². The third-order valence-electron chi connectivity index (χ3n) is 0.552. The molecule has 0 aliphatic rings. The van der Waals surface area contributed by atoms with Crippen LogP contribution in [0.1, 0.15) is 6.42 Å². The largest absolute Gasteiger partial charge is 0.396 e. The lowest BCUT2D eigenvalue weighted by molar-refractivity contribution is -0.0110. The maximum Gasteiger partial charge on any atom is 0.129 e. The smallest absolute Gasteiger partial charge is 0.129 e. The molecule has 0 aliphatic carbocycles. The molecule has 0 saturated carbocycles. The summed E-state index contributed by atoms with van der Waals surface area (Å²) in [5.74, 6) is 0. The number of hydroxylamine groups is 1. The zero-order chi connectivity index (χ0) is 5.70. The number of hydrogen-bond donors (Lipinski definition) is 4. The van der Waals surface area contributed by atoms with E-state index in [4.69, 9.17) is 15.4 Å². The highest BCUT2D eigenvalue weighted by atomic mass is 16.5. The molecule has 0 radical (unpaired) electrons. The van der Waals surface area contributed by atoms with Crippen molar-refractivity contribution in [2.24, 2.45) is 0 Å². The van der Waals surface area contributed by atoms with Crippen molar-refractivity contribution in [1.29, 1.82) is 0 Å². The van der Waals surface area contributed by atoms with Crippen LogP contribution in [0.25, 0.3) is 0 Å². The maximum atomic E-state index is 8.34. The first-order valence-corrected chi connectivity index (χ1v) is 1.99. The summed E-state index contributed by atoms with van der Waals surface area (Å²) in [4.78, 5) is 0. The van der Waals surface area contributed by atoms with Crippen LogP contribution in [0.15, 0.2) is 0 Å². The second-order valence-electron chi connectivity index (χ2n) is 1.16. The van der Waals surface area contributed by atoms with E-state index in [1.54, 1.807) is 5.48 Å². The monoisotopic (exact) mass is 107 g/mol. The van der Waals surface area contributed by atoms with Crippen LogP contribution >= 0.6 is 0 Å². The fraction of sp³-hybridized carbons (Fsp3) is 1.00. The van der Waals surface area contributed by atoms with Gasteiger partial charge in [0.15, 0.2) is 0 Å². The minimum atomic E-state index is -0.995. The first-order chi connectivity index (χ1) is 3.31. The van der Waals surface area contributed by atoms with E-state index >= 15 is 0 Å². The third-order valence-corrected chi connectivity index (χ3v) is 0.552. The van der Waals surface area contributed by atoms with Crippen LogP contribution in [0.4, 0.5) is 0 Å². The molecule has 0 bridgehead atoms. The molecule has 0 spiro atoms. The molecular formula is C3H9NO3. The van der Waals surface area contributed by atoms with Crippen molar-refractivity contribution in [2.45, 2.75) is 12.6 Å². The molecule has 4 nitrogen and oxygen atoms in total. The van der Waals surface area contributed by atoms with Gasteiger partial charge < -0.3 is 15.4 Å². The van der Waals surface area contributed by atoms with Gasteiger partial charge in [-0.3, -0.25) is 0 Å². The van der Waals surface area contributed by atoms with Crippen molar-refractivity contribution in [3.8, 4) is 0 Å². The number of aliphatic hydroxyl groups excluding tert-OH is 2. The molecule has 0 amide bonds. The molecule has 4 N–H and O–H groups in total. The van der Waals surface area contributed by atoms with Crippen LogP contribution in [0.3, 0.4) is 0 Å². The summed E-state index contributed by atoms with van der Waals surface area (Å²) in [5.41, 5.74) is 1.56. The second kappa shape index (κ2) is 4.01. The quantitative estimate of drug-likeness (QED) is 0.266. The second-order valence-corrected chi connectivity index (χ2v) is 1.16. The van der Waals surface area contributed by atoms with Crippen molar-refractivity contribution in [3.05, 3.63) is 0 Å². The molecule has 0 aromatic carbocycles. The van der Waals surface area contributed by atoms with Crippen molar-refractivity contribution in [1.82, 2.24) is 5.48 Å². The molecule has 0 rings (SSSR count). The molecule has 0 aliphatic heterocycles. The predicted octanol–water partition coefficient (Wildman–Crippen LogP) is -1.33. The van der Waals surface area contributed by atoms with Gasteiger partial charge in [0.2, 0.25) is 0 Å². The Morgan fingerprint density at radius 3 is 2.29 bits per heavy atom. The molecule has 44 valence electrons. The van der Waals surface area contributed by atoms with Crippen molar-refractivity contribution < 1.29 is 15.4 Å². The Morgan fingerprint density at radius 2 is 2.14 bits per heavy atom. The van der Waals surface area contributed by atoms with E-state index in [9.17, 15) is 0 Å². The molecule has 1 atom stereocenters. The topological polar surface area (TPSA) is 72.7 Å². The Bertz CT molecular complexity index is 41.2. The third kappa shape index (κ3) is 3.68. The minimum absolute atomic E-state index is 0.130. The van der Waals surface area contributed by atoms with E-state index < -0.39 is 6.23 Å². The van der Waals surface area contributed by atoms with Crippen molar-refractivity contribution in [3.63, 3.8) is 0 Å². The first-order valence-electron chi connectivity index (χ1n) is 1.99. The van der Waals surface area contributed by atoms with E-state index in [0.717, 1.165) is 0 Å². The summed E-state index contributed by atoms with van der Waals surface area (Å²) in [6.07, 6.45) is -0.846. The Balaban J connectivity index is 2.83. The number of rotatable bonds is 3. The molecule has 0 fully saturated rings. The number of nitrogens with one attached hydrogen (secondary N) is 1. The highest BCUT2D eigenvalue weighted by Crippen LogP contribution is 1.79. The van der Waals surface area contributed by atoms with Gasteiger partial charge >= 0.3 is 0 Å². The van der Waals surface area contributed by atoms with Crippen LogP contribution in [0, 0.1) is 0 Å². The Morgan fingerprint density at radius 1 is 1.57 bits per heavy atom. The molecule has 4 heteroatoms. The highest BCUT2D eigenvalue weighted by Gasteiger charge is 1.95. The summed E-state index contributed by atoms with van der Waals surface area (Å²) in [5, 5.41) is 24.2. The highest BCUT2D eigenvalue weighted by molar-refractivity contribution is 4.40. The van der Waals surface area contributed by atoms with Gasteiger partial charge in [-0.05, 0) is 0 Å². The van der Waals surface area contributed by atoms with Gasteiger partial charge in [0.25, 0.3) is 0 Å². The van der Waals surface area contributed by atoms with Gasteiger partial charge in [-0.1, -0.05) is 0 Å². The SMILES string of the molecule is OCCC(O)NO. The summed E-state index contributed by atoms with van der Waals surface area (Å²) >= 11 is 0. The minimum Gasteiger partial charge on any atom is -0.396 e. The van der Waals surface area contributed by atoms with Crippen molar-refractivity contribution in [2.75, 3.05) is 6.61 Å². The van der Waals surface area contributed by atoms with E-state index in [1.165, 1.54) is 0 Å². The molecule has 0 heterocycles.